The molecule has 2 aromatic rings. The van der Waals surface area contributed by atoms with E-state index in [1.165, 1.54) is 6.07 Å². The molecule has 1 saturated heterocycles. The molecule has 1 unspecified atom stereocenters. The maximum absolute atomic E-state index is 13.0. The maximum atomic E-state index is 13.0. The predicted octanol–water partition coefficient (Wildman–Crippen LogP) is 2.22. The van der Waals surface area contributed by atoms with E-state index >= 15 is 0 Å². The van der Waals surface area contributed by atoms with E-state index in [4.69, 9.17) is 4.74 Å². The van der Waals surface area contributed by atoms with Crippen molar-refractivity contribution in [2.24, 2.45) is 0 Å². The third kappa shape index (κ3) is 3.21. The lowest BCUT2D eigenvalue weighted by atomic mass is 10.2. The number of ether oxygens (including phenoxy) is 1. The minimum atomic E-state index is -0.573. The van der Waals surface area contributed by atoms with Gasteiger partial charge >= 0.3 is 0 Å². The molecule has 1 amide bonds. The van der Waals surface area contributed by atoms with Crippen LogP contribution in [0.15, 0.2) is 36.5 Å². The van der Waals surface area contributed by atoms with Crippen molar-refractivity contribution in [1.82, 2.24) is 14.9 Å². The van der Waals surface area contributed by atoms with Crippen LogP contribution in [-0.2, 0) is 0 Å². The summed E-state index contributed by atoms with van der Waals surface area (Å²) < 4.78 is 18.7. The molecule has 1 aliphatic heterocycles. The van der Waals surface area contributed by atoms with Gasteiger partial charge in [-0.25, -0.2) is 0 Å². The van der Waals surface area contributed by atoms with Crippen molar-refractivity contribution in [3.63, 3.8) is 0 Å². The number of aryl methyl sites for hydroxylation is 1. The van der Waals surface area contributed by atoms with Gasteiger partial charge in [-0.05, 0) is 25.1 Å². The van der Waals surface area contributed by atoms with Crippen molar-refractivity contribution < 1.29 is 13.9 Å². The van der Waals surface area contributed by atoms with Crippen LogP contribution in [0.4, 0.5) is 4.39 Å². The first-order chi connectivity index (χ1) is 10.6. The SMILES string of the molecule is Cc1cc(C(=O)N2CCC(Oc3cccc(F)n3)C2)ccn1. The molecule has 1 aliphatic rings. The van der Waals surface area contributed by atoms with E-state index < -0.39 is 5.95 Å². The molecule has 3 rings (SSSR count). The van der Waals surface area contributed by atoms with Gasteiger partial charge in [0.25, 0.3) is 5.91 Å². The van der Waals surface area contributed by atoms with Gasteiger partial charge in [-0.1, -0.05) is 6.07 Å². The number of amides is 1. The molecule has 0 bridgehead atoms. The molecule has 114 valence electrons. The van der Waals surface area contributed by atoms with Gasteiger partial charge in [0.15, 0.2) is 0 Å². The molecule has 0 aromatic carbocycles. The number of aromatic nitrogens is 2. The highest BCUT2D eigenvalue weighted by atomic mass is 19.1. The molecule has 22 heavy (non-hydrogen) atoms. The summed E-state index contributed by atoms with van der Waals surface area (Å²) in [6.07, 6.45) is 2.17. The third-order valence-corrected chi connectivity index (χ3v) is 3.55. The van der Waals surface area contributed by atoms with E-state index in [9.17, 15) is 9.18 Å². The van der Waals surface area contributed by atoms with Crippen molar-refractivity contribution in [3.05, 3.63) is 53.7 Å². The van der Waals surface area contributed by atoms with Crippen molar-refractivity contribution in [1.29, 1.82) is 0 Å². The van der Waals surface area contributed by atoms with E-state index in [1.54, 1.807) is 35.4 Å². The first-order valence-electron chi connectivity index (χ1n) is 7.13. The standard InChI is InChI=1S/C16H16FN3O2/c1-11-9-12(5-7-18-11)16(21)20-8-6-13(10-20)22-15-4-2-3-14(17)19-15/h2-5,7,9,13H,6,8,10H2,1H3. The van der Waals surface area contributed by atoms with Gasteiger partial charge in [0.2, 0.25) is 11.8 Å². The predicted molar refractivity (Wildman–Crippen MR) is 78.1 cm³/mol. The summed E-state index contributed by atoms with van der Waals surface area (Å²) in [6.45, 7) is 2.93. The molecular weight excluding hydrogens is 285 g/mol. The van der Waals surface area contributed by atoms with Crippen molar-refractivity contribution >= 4 is 5.91 Å². The Morgan fingerprint density at radius 2 is 2.27 bits per heavy atom. The van der Waals surface area contributed by atoms with Crippen LogP contribution in [0.5, 0.6) is 5.88 Å². The number of halogens is 1. The summed E-state index contributed by atoms with van der Waals surface area (Å²) in [5.41, 5.74) is 1.43. The van der Waals surface area contributed by atoms with E-state index in [0.29, 0.717) is 25.1 Å². The molecule has 3 heterocycles. The molecule has 0 saturated carbocycles. The fourth-order valence-corrected chi connectivity index (χ4v) is 2.50. The molecule has 5 nitrogen and oxygen atoms in total. The van der Waals surface area contributed by atoms with E-state index in [2.05, 4.69) is 9.97 Å². The second-order valence-electron chi connectivity index (χ2n) is 5.26. The van der Waals surface area contributed by atoms with E-state index in [-0.39, 0.29) is 17.9 Å². The number of likely N-dealkylation sites (tertiary alicyclic amines) is 1. The summed E-state index contributed by atoms with van der Waals surface area (Å²) in [7, 11) is 0. The fraction of sp³-hybridized carbons (Fsp3) is 0.312. The van der Waals surface area contributed by atoms with Crippen molar-refractivity contribution in [2.75, 3.05) is 13.1 Å². The second kappa shape index (κ2) is 6.09. The van der Waals surface area contributed by atoms with Gasteiger partial charge in [-0.3, -0.25) is 9.78 Å². The number of hydrogen-bond acceptors (Lipinski definition) is 4. The monoisotopic (exact) mass is 301 g/mol. The first kappa shape index (κ1) is 14.4. The normalized spacial score (nSPS) is 17.5. The minimum absolute atomic E-state index is 0.0381. The summed E-state index contributed by atoms with van der Waals surface area (Å²) >= 11 is 0. The van der Waals surface area contributed by atoms with E-state index in [0.717, 1.165) is 5.69 Å². The van der Waals surface area contributed by atoms with Crippen LogP contribution >= 0.6 is 0 Å². The quantitative estimate of drug-likeness (QED) is 0.816. The number of rotatable bonds is 3. The Hall–Kier alpha value is -2.50. The first-order valence-corrected chi connectivity index (χ1v) is 7.13. The summed E-state index contributed by atoms with van der Waals surface area (Å²) in [4.78, 5) is 21.9. The summed E-state index contributed by atoms with van der Waals surface area (Å²) in [5.74, 6) is -0.362. The lowest BCUT2D eigenvalue weighted by molar-refractivity contribution is 0.0770. The molecule has 1 atom stereocenters. The molecule has 0 aliphatic carbocycles. The number of carbonyl (C=O) groups excluding carboxylic acids is 1. The van der Waals surface area contributed by atoms with Gasteiger partial charge in [-0.2, -0.15) is 9.37 Å². The maximum Gasteiger partial charge on any atom is 0.254 e. The minimum Gasteiger partial charge on any atom is -0.472 e. The van der Waals surface area contributed by atoms with Gasteiger partial charge in [0, 0.05) is 36.5 Å². The Morgan fingerprint density at radius 1 is 1.41 bits per heavy atom. The Morgan fingerprint density at radius 3 is 3.05 bits per heavy atom. The Balaban J connectivity index is 1.63. The Kier molecular flexibility index (Phi) is 4.00. The number of pyridine rings is 2. The Labute approximate surface area is 127 Å². The largest absolute Gasteiger partial charge is 0.472 e. The van der Waals surface area contributed by atoms with Gasteiger partial charge in [-0.15, -0.1) is 0 Å². The molecule has 6 heteroatoms. The average Bonchev–Trinajstić information content (AvgIpc) is 2.95. The topological polar surface area (TPSA) is 55.3 Å². The summed E-state index contributed by atoms with van der Waals surface area (Å²) in [6, 6.07) is 7.90. The molecule has 0 N–H and O–H groups in total. The van der Waals surface area contributed by atoms with Crippen LogP contribution in [0.1, 0.15) is 22.5 Å². The van der Waals surface area contributed by atoms with E-state index in [1.807, 2.05) is 6.92 Å². The van der Waals surface area contributed by atoms with Crippen molar-refractivity contribution in [2.45, 2.75) is 19.4 Å². The number of hydrogen-bond donors (Lipinski definition) is 0. The molecule has 0 spiro atoms. The van der Waals surface area contributed by atoms with Crippen LogP contribution in [-0.4, -0.2) is 40.0 Å². The van der Waals surface area contributed by atoms with Crippen LogP contribution in [0.3, 0.4) is 0 Å². The van der Waals surface area contributed by atoms with Crippen LogP contribution in [0.2, 0.25) is 0 Å². The average molecular weight is 301 g/mol. The number of carbonyl (C=O) groups is 1. The second-order valence-corrected chi connectivity index (χ2v) is 5.26. The lowest BCUT2D eigenvalue weighted by Gasteiger charge is -2.17. The highest BCUT2D eigenvalue weighted by Crippen LogP contribution is 2.18. The highest BCUT2D eigenvalue weighted by Gasteiger charge is 2.28. The van der Waals surface area contributed by atoms with Crippen LogP contribution in [0, 0.1) is 12.9 Å². The van der Waals surface area contributed by atoms with Crippen LogP contribution < -0.4 is 4.74 Å². The third-order valence-electron chi connectivity index (χ3n) is 3.55. The Bertz CT molecular complexity index is 693. The van der Waals surface area contributed by atoms with Gasteiger partial charge in [0.1, 0.15) is 6.10 Å². The fourth-order valence-electron chi connectivity index (χ4n) is 2.50. The smallest absolute Gasteiger partial charge is 0.254 e. The number of nitrogens with zero attached hydrogens (tertiary/aromatic N) is 3. The zero-order chi connectivity index (χ0) is 15.5. The lowest BCUT2D eigenvalue weighted by Crippen LogP contribution is -2.31. The highest BCUT2D eigenvalue weighted by molar-refractivity contribution is 5.94. The van der Waals surface area contributed by atoms with Crippen molar-refractivity contribution in [3.8, 4) is 5.88 Å². The molecule has 2 aromatic heterocycles. The van der Waals surface area contributed by atoms with Gasteiger partial charge in [0.05, 0.1) is 6.54 Å². The zero-order valence-corrected chi connectivity index (χ0v) is 12.2. The molecule has 0 radical (unpaired) electrons. The zero-order valence-electron chi connectivity index (χ0n) is 12.2. The van der Waals surface area contributed by atoms with Crippen LogP contribution in [0.25, 0.3) is 0 Å². The van der Waals surface area contributed by atoms with Gasteiger partial charge < -0.3 is 9.64 Å². The molecular formula is C16H16FN3O2. The summed E-state index contributed by atoms with van der Waals surface area (Å²) in [5, 5.41) is 0. The molecule has 1 fully saturated rings.